The van der Waals surface area contributed by atoms with Gasteiger partial charge >= 0.3 is 12.1 Å². The van der Waals surface area contributed by atoms with Crippen LogP contribution in [-0.4, -0.2) is 38.4 Å². The summed E-state index contributed by atoms with van der Waals surface area (Å²) in [6, 6.07) is 6.28. The van der Waals surface area contributed by atoms with Crippen molar-refractivity contribution in [2.75, 3.05) is 6.54 Å². The molecule has 0 saturated heterocycles. The van der Waals surface area contributed by atoms with Crippen LogP contribution < -0.4 is 0 Å². The number of carbonyl (C=O) groups is 1. The van der Waals surface area contributed by atoms with Gasteiger partial charge in [0.1, 0.15) is 11.5 Å². The number of carboxylic acid groups (broad SMARTS) is 1. The van der Waals surface area contributed by atoms with Gasteiger partial charge in [-0.25, -0.2) is 4.79 Å². The van der Waals surface area contributed by atoms with Crippen molar-refractivity contribution in [2.24, 2.45) is 0 Å². The highest BCUT2D eigenvalue weighted by molar-refractivity contribution is 7.07. The Labute approximate surface area is 162 Å². The molecule has 150 valence electrons. The number of fused-ring (bicyclic) bond motifs is 1. The fraction of sp³-hybridized carbons (Fsp3) is 0.333. The van der Waals surface area contributed by atoms with Crippen molar-refractivity contribution in [3.63, 3.8) is 0 Å². The van der Waals surface area contributed by atoms with Crippen LogP contribution >= 0.6 is 11.3 Å². The lowest BCUT2D eigenvalue weighted by Crippen LogP contribution is -2.29. The van der Waals surface area contributed by atoms with Crippen molar-refractivity contribution in [1.82, 2.24) is 14.6 Å². The van der Waals surface area contributed by atoms with Crippen LogP contribution in [0.15, 0.2) is 45.9 Å². The van der Waals surface area contributed by atoms with Gasteiger partial charge in [0.25, 0.3) is 0 Å². The first-order chi connectivity index (χ1) is 13.3. The van der Waals surface area contributed by atoms with Gasteiger partial charge in [0.05, 0.1) is 6.54 Å². The monoisotopic (exact) mass is 413 g/mol. The van der Waals surface area contributed by atoms with Gasteiger partial charge in [0.15, 0.2) is 0 Å². The van der Waals surface area contributed by atoms with Gasteiger partial charge in [-0.15, -0.1) is 0 Å². The van der Waals surface area contributed by atoms with Crippen LogP contribution in [-0.2, 0) is 30.8 Å². The Balaban J connectivity index is 0.000000279. The molecular formula is C18H18F3N3O3S. The summed E-state index contributed by atoms with van der Waals surface area (Å²) in [6.07, 6.45) is -0.00179. The molecule has 0 unspecified atom stereocenters. The Morgan fingerprint density at radius 1 is 1.29 bits per heavy atom. The van der Waals surface area contributed by atoms with Crippen molar-refractivity contribution in [1.29, 1.82) is 0 Å². The molecule has 4 rings (SSSR count). The number of aromatic nitrogens is 2. The van der Waals surface area contributed by atoms with Gasteiger partial charge in [-0.05, 0) is 34.5 Å². The molecule has 28 heavy (non-hydrogen) atoms. The lowest BCUT2D eigenvalue weighted by atomic mass is 10.1. The molecule has 6 nitrogen and oxygen atoms in total. The van der Waals surface area contributed by atoms with E-state index in [0.717, 1.165) is 44.1 Å². The second-order valence-electron chi connectivity index (χ2n) is 6.28. The Morgan fingerprint density at radius 2 is 2.00 bits per heavy atom. The standard InChI is InChI=1S/C16H17N3OS.C2HF3O2/c1-2-6-18(5-1)11-15-14-10-19(7-3-16(14)20-17-15)9-13-4-8-21-12-13;3-2(4,5)1(6)7/h1-2,4-6,8,12H,3,7,9-11H2;(H,6,7). The quantitative estimate of drug-likeness (QED) is 0.705. The third-order valence-corrected chi connectivity index (χ3v) is 4.95. The molecule has 3 aromatic rings. The molecule has 0 aliphatic carbocycles. The molecule has 0 bridgehead atoms. The smallest absolute Gasteiger partial charge is 0.475 e. The van der Waals surface area contributed by atoms with Gasteiger partial charge < -0.3 is 14.2 Å². The van der Waals surface area contributed by atoms with Gasteiger partial charge in [0.2, 0.25) is 0 Å². The summed E-state index contributed by atoms with van der Waals surface area (Å²) >= 11 is 1.76. The Bertz CT molecular complexity index is 889. The Hall–Kier alpha value is -2.59. The summed E-state index contributed by atoms with van der Waals surface area (Å²) < 4.78 is 39.4. The SMILES string of the molecule is O=C(O)C(F)(F)F.c1ccn(Cc2noc3c2CN(Cc2ccsc2)CC3)c1. The van der Waals surface area contributed by atoms with E-state index in [1.54, 1.807) is 11.3 Å². The highest BCUT2D eigenvalue weighted by Crippen LogP contribution is 2.24. The number of hydrogen-bond donors (Lipinski definition) is 1. The number of nitrogens with zero attached hydrogens (tertiary/aromatic N) is 3. The first-order valence-corrected chi connectivity index (χ1v) is 9.38. The lowest BCUT2D eigenvalue weighted by molar-refractivity contribution is -0.192. The maximum absolute atomic E-state index is 10.6. The third kappa shape index (κ3) is 5.23. The number of alkyl halides is 3. The Morgan fingerprint density at radius 3 is 2.61 bits per heavy atom. The molecule has 0 atom stereocenters. The molecule has 0 saturated carbocycles. The normalized spacial score (nSPS) is 14.2. The molecule has 0 radical (unpaired) electrons. The van der Waals surface area contributed by atoms with Crippen LogP contribution in [0.25, 0.3) is 0 Å². The second kappa shape index (κ2) is 8.61. The minimum atomic E-state index is -5.08. The van der Waals surface area contributed by atoms with Crippen LogP contribution in [0.4, 0.5) is 13.2 Å². The first-order valence-electron chi connectivity index (χ1n) is 8.43. The Kier molecular flexibility index (Phi) is 6.20. The number of halogens is 3. The van der Waals surface area contributed by atoms with Crippen LogP contribution in [0.1, 0.15) is 22.6 Å². The molecule has 0 amide bonds. The maximum atomic E-state index is 10.6. The number of hydrogen-bond acceptors (Lipinski definition) is 5. The minimum Gasteiger partial charge on any atom is -0.475 e. The highest BCUT2D eigenvalue weighted by atomic mass is 32.1. The topological polar surface area (TPSA) is 71.5 Å². The third-order valence-electron chi connectivity index (χ3n) is 4.22. The van der Waals surface area contributed by atoms with E-state index in [4.69, 9.17) is 14.4 Å². The molecule has 1 aliphatic rings. The largest absolute Gasteiger partial charge is 0.490 e. The van der Waals surface area contributed by atoms with Crippen LogP contribution in [0.5, 0.6) is 0 Å². The van der Waals surface area contributed by atoms with Crippen LogP contribution in [0, 0.1) is 0 Å². The zero-order valence-corrected chi connectivity index (χ0v) is 15.5. The van der Waals surface area contributed by atoms with Crippen molar-refractivity contribution in [2.45, 2.75) is 32.2 Å². The highest BCUT2D eigenvalue weighted by Gasteiger charge is 2.38. The van der Waals surface area contributed by atoms with E-state index in [9.17, 15) is 13.2 Å². The van der Waals surface area contributed by atoms with E-state index >= 15 is 0 Å². The van der Waals surface area contributed by atoms with Crippen molar-refractivity contribution >= 4 is 17.3 Å². The number of rotatable bonds is 4. The summed E-state index contributed by atoms with van der Waals surface area (Å²) in [5.74, 6) is -1.69. The summed E-state index contributed by atoms with van der Waals surface area (Å²) in [7, 11) is 0. The van der Waals surface area contributed by atoms with Gasteiger partial charge in [-0.3, -0.25) is 4.90 Å². The molecule has 4 heterocycles. The molecule has 1 aliphatic heterocycles. The second-order valence-corrected chi connectivity index (χ2v) is 7.06. The van der Waals surface area contributed by atoms with E-state index in [-0.39, 0.29) is 0 Å². The summed E-state index contributed by atoms with van der Waals surface area (Å²) in [5.41, 5.74) is 3.74. The fourth-order valence-electron chi connectivity index (χ4n) is 2.87. The molecule has 3 aromatic heterocycles. The van der Waals surface area contributed by atoms with Gasteiger partial charge in [0, 0.05) is 44.0 Å². The van der Waals surface area contributed by atoms with E-state index in [2.05, 4.69) is 43.8 Å². The van der Waals surface area contributed by atoms with Gasteiger partial charge in [-0.1, -0.05) is 5.16 Å². The number of thiophene rings is 1. The van der Waals surface area contributed by atoms with Crippen molar-refractivity contribution < 1.29 is 27.6 Å². The van der Waals surface area contributed by atoms with Crippen molar-refractivity contribution in [3.05, 3.63) is 63.9 Å². The molecule has 0 fully saturated rings. The maximum Gasteiger partial charge on any atom is 0.490 e. The van der Waals surface area contributed by atoms with E-state index < -0.39 is 12.1 Å². The van der Waals surface area contributed by atoms with E-state index in [1.807, 2.05) is 12.1 Å². The summed E-state index contributed by atoms with van der Waals surface area (Å²) in [5, 5.41) is 15.8. The van der Waals surface area contributed by atoms with Gasteiger partial charge in [-0.2, -0.15) is 24.5 Å². The summed E-state index contributed by atoms with van der Waals surface area (Å²) in [4.78, 5) is 11.4. The molecule has 0 spiro atoms. The van der Waals surface area contributed by atoms with E-state index in [0.29, 0.717) is 0 Å². The number of carboxylic acids is 1. The average molecular weight is 413 g/mol. The molecule has 1 N–H and O–H groups in total. The zero-order valence-electron chi connectivity index (χ0n) is 14.7. The van der Waals surface area contributed by atoms with Crippen LogP contribution in [0.3, 0.4) is 0 Å². The predicted octanol–water partition coefficient (Wildman–Crippen LogP) is 3.78. The number of aliphatic carboxylic acids is 1. The molecule has 0 aromatic carbocycles. The van der Waals surface area contributed by atoms with E-state index in [1.165, 1.54) is 11.1 Å². The molecule has 10 heteroatoms. The first kappa shape index (κ1) is 20.2. The van der Waals surface area contributed by atoms with Crippen molar-refractivity contribution in [3.8, 4) is 0 Å². The zero-order chi connectivity index (χ0) is 20.1. The predicted molar refractivity (Wildman–Crippen MR) is 95.9 cm³/mol. The average Bonchev–Trinajstić information content (AvgIpc) is 3.38. The molecular weight excluding hydrogens is 395 g/mol. The lowest BCUT2D eigenvalue weighted by Gasteiger charge is -2.25. The summed E-state index contributed by atoms with van der Waals surface area (Å²) in [6.45, 7) is 3.78. The van der Waals surface area contributed by atoms with Crippen LogP contribution in [0.2, 0.25) is 0 Å². The fourth-order valence-corrected chi connectivity index (χ4v) is 3.53. The minimum absolute atomic E-state index is 0.790.